The molecule has 2 aromatic carbocycles. The van der Waals surface area contributed by atoms with Gasteiger partial charge in [0.1, 0.15) is 5.69 Å². The summed E-state index contributed by atoms with van der Waals surface area (Å²) in [7, 11) is 0. The molecule has 0 saturated carbocycles. The van der Waals surface area contributed by atoms with Gasteiger partial charge in [-0.15, -0.1) is 0 Å². The van der Waals surface area contributed by atoms with E-state index in [4.69, 9.17) is 0 Å². The van der Waals surface area contributed by atoms with Crippen molar-refractivity contribution in [1.29, 1.82) is 0 Å². The Labute approximate surface area is 135 Å². The lowest BCUT2D eigenvalue weighted by atomic mass is 10.2. The summed E-state index contributed by atoms with van der Waals surface area (Å²) in [6.07, 6.45) is 0.523. The molecule has 1 N–H and O–H groups in total. The lowest BCUT2D eigenvalue weighted by Gasteiger charge is -2.04. The lowest BCUT2D eigenvalue weighted by molar-refractivity contribution is 0.481. The Morgan fingerprint density at radius 3 is 2.57 bits per heavy atom. The van der Waals surface area contributed by atoms with E-state index in [9.17, 15) is 4.39 Å². The molecule has 0 fully saturated rings. The van der Waals surface area contributed by atoms with E-state index in [2.05, 4.69) is 22.1 Å². The monoisotopic (exact) mass is 304 g/mol. The topological polar surface area (TPSA) is 24.9 Å². The fraction of sp³-hybridized carbons (Fsp3) is 0.150. The third kappa shape index (κ3) is 4.08. The summed E-state index contributed by atoms with van der Waals surface area (Å²) in [6, 6.07) is 19.8. The number of alkyl halides is 1. The largest absolute Gasteiger partial charge is 0.385 e. The van der Waals surface area contributed by atoms with Gasteiger partial charge in [0.15, 0.2) is 0 Å². The van der Waals surface area contributed by atoms with Crippen LogP contribution in [0.5, 0.6) is 0 Å². The van der Waals surface area contributed by atoms with Crippen LogP contribution in [0.15, 0.2) is 60.7 Å². The van der Waals surface area contributed by atoms with E-state index in [1.54, 1.807) is 0 Å². The molecule has 3 rings (SSSR count). The highest BCUT2D eigenvalue weighted by Crippen LogP contribution is 2.12. The Balaban J connectivity index is 1.72. The first kappa shape index (κ1) is 15.1. The molecule has 3 heteroatoms. The SMILES string of the molecule is FCCCNc1ccc(C#Cc2ccc3ccccc3n2)cc1. The number of hydrogen-bond donors (Lipinski definition) is 1. The number of aromatic nitrogens is 1. The first-order valence-electron chi connectivity index (χ1n) is 7.63. The molecule has 0 bridgehead atoms. The zero-order chi connectivity index (χ0) is 15.9. The van der Waals surface area contributed by atoms with Crippen LogP contribution < -0.4 is 5.32 Å². The van der Waals surface area contributed by atoms with Crippen LogP contribution in [0.3, 0.4) is 0 Å². The summed E-state index contributed by atoms with van der Waals surface area (Å²) >= 11 is 0. The summed E-state index contributed by atoms with van der Waals surface area (Å²) in [5.41, 5.74) is 3.62. The summed E-state index contributed by atoms with van der Waals surface area (Å²) in [6.45, 7) is 0.345. The maximum absolute atomic E-state index is 12.1. The molecule has 114 valence electrons. The molecule has 1 aromatic heterocycles. The average Bonchev–Trinajstić information content (AvgIpc) is 2.61. The van der Waals surface area contributed by atoms with Gasteiger partial charge >= 0.3 is 0 Å². The van der Waals surface area contributed by atoms with E-state index in [1.807, 2.05) is 60.7 Å². The minimum absolute atomic E-state index is 0.296. The number of hydrogen-bond acceptors (Lipinski definition) is 2. The van der Waals surface area contributed by atoms with Crippen molar-refractivity contribution in [3.05, 3.63) is 71.9 Å². The van der Waals surface area contributed by atoms with E-state index in [-0.39, 0.29) is 6.67 Å². The zero-order valence-corrected chi connectivity index (χ0v) is 12.7. The van der Waals surface area contributed by atoms with Gasteiger partial charge in [-0.2, -0.15) is 0 Å². The van der Waals surface area contributed by atoms with Crippen molar-refractivity contribution in [3.8, 4) is 11.8 Å². The molecule has 0 saturated heterocycles. The summed E-state index contributed by atoms with van der Waals surface area (Å²) < 4.78 is 12.1. The highest BCUT2D eigenvalue weighted by Gasteiger charge is 1.95. The smallest absolute Gasteiger partial charge is 0.114 e. The second-order valence-electron chi connectivity index (χ2n) is 5.19. The Kier molecular flexibility index (Phi) is 4.85. The molecule has 0 radical (unpaired) electrons. The minimum Gasteiger partial charge on any atom is -0.385 e. The van der Waals surface area contributed by atoms with Crippen LogP contribution in [-0.2, 0) is 0 Å². The molecule has 0 amide bonds. The quantitative estimate of drug-likeness (QED) is 0.570. The van der Waals surface area contributed by atoms with E-state index in [0.717, 1.165) is 27.8 Å². The third-order valence-electron chi connectivity index (χ3n) is 3.46. The minimum atomic E-state index is -0.296. The molecule has 0 spiro atoms. The molecule has 0 aliphatic heterocycles. The highest BCUT2D eigenvalue weighted by atomic mass is 19.1. The number of nitrogens with zero attached hydrogens (tertiary/aromatic N) is 1. The predicted molar refractivity (Wildman–Crippen MR) is 93.2 cm³/mol. The number of para-hydroxylation sites is 1. The van der Waals surface area contributed by atoms with Crippen molar-refractivity contribution in [3.63, 3.8) is 0 Å². The van der Waals surface area contributed by atoms with Crippen LogP contribution in [0.1, 0.15) is 17.7 Å². The molecular formula is C20H17FN2. The standard InChI is InChI=1S/C20H17FN2/c21-14-3-15-22-18-10-6-16(7-11-18)8-12-19-13-9-17-4-1-2-5-20(17)23-19/h1-2,4-7,9-11,13,22H,3,14-15H2. The van der Waals surface area contributed by atoms with Crippen molar-refractivity contribution >= 4 is 16.6 Å². The highest BCUT2D eigenvalue weighted by molar-refractivity contribution is 5.78. The molecule has 0 aliphatic carbocycles. The van der Waals surface area contributed by atoms with Gasteiger partial charge in [0.2, 0.25) is 0 Å². The van der Waals surface area contributed by atoms with Gasteiger partial charge in [-0.05, 0) is 48.7 Å². The van der Waals surface area contributed by atoms with E-state index in [0.29, 0.717) is 13.0 Å². The zero-order valence-electron chi connectivity index (χ0n) is 12.7. The molecular weight excluding hydrogens is 287 g/mol. The molecule has 3 aromatic rings. The Hall–Kier alpha value is -2.86. The lowest BCUT2D eigenvalue weighted by Crippen LogP contribution is -2.01. The van der Waals surface area contributed by atoms with Crippen molar-refractivity contribution in [1.82, 2.24) is 4.98 Å². The van der Waals surface area contributed by atoms with Crippen molar-refractivity contribution in [2.45, 2.75) is 6.42 Å². The third-order valence-corrected chi connectivity index (χ3v) is 3.46. The normalized spacial score (nSPS) is 10.1. The van der Waals surface area contributed by atoms with Crippen molar-refractivity contribution < 1.29 is 4.39 Å². The number of halogens is 1. The fourth-order valence-electron chi connectivity index (χ4n) is 2.24. The van der Waals surface area contributed by atoms with Crippen molar-refractivity contribution in [2.24, 2.45) is 0 Å². The number of pyridine rings is 1. The summed E-state index contributed by atoms with van der Waals surface area (Å²) in [5.74, 6) is 6.21. The number of rotatable bonds is 4. The summed E-state index contributed by atoms with van der Waals surface area (Å²) in [5, 5.41) is 4.28. The first-order valence-corrected chi connectivity index (χ1v) is 7.63. The van der Waals surface area contributed by atoms with Gasteiger partial charge in [0.25, 0.3) is 0 Å². The van der Waals surface area contributed by atoms with Crippen LogP contribution in [0.25, 0.3) is 10.9 Å². The van der Waals surface area contributed by atoms with Gasteiger partial charge in [-0.25, -0.2) is 4.98 Å². The van der Waals surface area contributed by atoms with Crippen LogP contribution >= 0.6 is 0 Å². The summed E-state index contributed by atoms with van der Waals surface area (Å²) in [4.78, 5) is 4.54. The molecule has 2 nitrogen and oxygen atoms in total. The number of anilines is 1. The molecule has 0 atom stereocenters. The van der Waals surface area contributed by atoms with Crippen LogP contribution in [0, 0.1) is 11.8 Å². The van der Waals surface area contributed by atoms with Gasteiger partial charge in [-0.1, -0.05) is 30.2 Å². The van der Waals surface area contributed by atoms with E-state index >= 15 is 0 Å². The Bertz CT molecular complexity index is 845. The second-order valence-corrected chi connectivity index (χ2v) is 5.19. The molecule has 23 heavy (non-hydrogen) atoms. The van der Waals surface area contributed by atoms with Gasteiger partial charge in [-0.3, -0.25) is 4.39 Å². The van der Waals surface area contributed by atoms with E-state index in [1.165, 1.54) is 0 Å². The van der Waals surface area contributed by atoms with Crippen LogP contribution in [0.2, 0.25) is 0 Å². The fourth-order valence-corrected chi connectivity index (χ4v) is 2.24. The number of fused-ring (bicyclic) bond motifs is 1. The van der Waals surface area contributed by atoms with Crippen LogP contribution in [-0.4, -0.2) is 18.2 Å². The van der Waals surface area contributed by atoms with Gasteiger partial charge in [0, 0.05) is 23.2 Å². The molecule has 0 unspecified atom stereocenters. The van der Waals surface area contributed by atoms with Crippen LogP contribution in [0.4, 0.5) is 10.1 Å². The van der Waals surface area contributed by atoms with Gasteiger partial charge < -0.3 is 5.32 Å². The Morgan fingerprint density at radius 2 is 1.74 bits per heavy atom. The second kappa shape index (κ2) is 7.42. The number of benzene rings is 2. The predicted octanol–water partition coefficient (Wildman–Crippen LogP) is 4.41. The van der Waals surface area contributed by atoms with Gasteiger partial charge in [0.05, 0.1) is 12.2 Å². The number of nitrogens with one attached hydrogen (secondary N) is 1. The maximum Gasteiger partial charge on any atom is 0.114 e. The molecule has 0 aliphatic rings. The van der Waals surface area contributed by atoms with E-state index < -0.39 is 0 Å². The Morgan fingerprint density at radius 1 is 0.913 bits per heavy atom. The average molecular weight is 304 g/mol. The molecule has 1 heterocycles. The first-order chi connectivity index (χ1) is 11.3. The maximum atomic E-state index is 12.1. The van der Waals surface area contributed by atoms with Crippen molar-refractivity contribution in [2.75, 3.05) is 18.5 Å².